The minimum Gasteiger partial charge on any atom is -0.491 e. The number of benzene rings is 2. The lowest BCUT2D eigenvalue weighted by Crippen LogP contribution is -2.47. The van der Waals surface area contributed by atoms with E-state index < -0.39 is 23.5 Å². The summed E-state index contributed by atoms with van der Waals surface area (Å²) < 4.78 is 6.10. The summed E-state index contributed by atoms with van der Waals surface area (Å²) in [6.07, 6.45) is 1.82. The molecule has 7 heteroatoms. The molecular formula is C25H29N3O4. The monoisotopic (exact) mass is 435 g/mol. The van der Waals surface area contributed by atoms with Gasteiger partial charge in [-0.05, 0) is 56.2 Å². The average Bonchev–Trinajstić information content (AvgIpc) is 3.59. The molecule has 7 nitrogen and oxygen atoms in total. The number of para-hydroxylation sites is 1. The molecule has 1 aliphatic carbocycles. The highest BCUT2D eigenvalue weighted by atomic mass is 16.5. The molecule has 32 heavy (non-hydrogen) atoms. The van der Waals surface area contributed by atoms with Crippen LogP contribution in [0, 0.1) is 19.8 Å². The number of carbonyl (C=O) groups excluding carboxylic acids is 3. The molecule has 0 radical (unpaired) electrons. The van der Waals surface area contributed by atoms with Crippen molar-refractivity contribution >= 4 is 17.8 Å². The zero-order valence-electron chi connectivity index (χ0n) is 18.7. The number of nitrogens with zero attached hydrogens (tertiary/aromatic N) is 1. The first-order valence-electron chi connectivity index (χ1n) is 11.0. The second-order valence-corrected chi connectivity index (χ2v) is 8.86. The Morgan fingerprint density at radius 1 is 1.12 bits per heavy atom. The Morgan fingerprint density at radius 3 is 2.41 bits per heavy atom. The number of amides is 4. The average molecular weight is 436 g/mol. The van der Waals surface area contributed by atoms with Gasteiger partial charge in [0.05, 0.1) is 6.04 Å². The van der Waals surface area contributed by atoms with E-state index in [4.69, 9.17) is 4.74 Å². The van der Waals surface area contributed by atoms with Gasteiger partial charge in [-0.1, -0.05) is 48.5 Å². The summed E-state index contributed by atoms with van der Waals surface area (Å²) in [6.45, 7) is 5.61. The number of nitrogens with one attached hydrogen (secondary N) is 2. The number of hydrogen-bond donors (Lipinski definition) is 2. The number of hydrogen-bond acceptors (Lipinski definition) is 4. The van der Waals surface area contributed by atoms with Crippen molar-refractivity contribution in [2.24, 2.45) is 5.92 Å². The van der Waals surface area contributed by atoms with Crippen LogP contribution in [-0.4, -0.2) is 41.4 Å². The highest BCUT2D eigenvalue weighted by molar-refractivity contribution is 6.09. The number of aryl methyl sites for hydroxylation is 2. The third-order valence-corrected chi connectivity index (χ3v) is 6.34. The lowest BCUT2D eigenvalue weighted by Gasteiger charge is -2.23. The van der Waals surface area contributed by atoms with Gasteiger partial charge in [-0.15, -0.1) is 0 Å². The molecule has 1 aliphatic heterocycles. The second-order valence-electron chi connectivity index (χ2n) is 8.86. The molecule has 2 aromatic carbocycles. The summed E-state index contributed by atoms with van der Waals surface area (Å²) >= 11 is 0. The standard InChI is InChI=1S/C25H29N3O4/c1-16-8-7-9-17(2)22(16)32-15-20(18-10-5-4-6-11-18)26-21(29)14-28-23(30)25(3,19-12-13-19)27-24(28)31/h4-11,19-20H,12-15H2,1-3H3,(H,26,29)(H,27,31)/t20-,25-/m0/s1. The minimum absolute atomic E-state index is 0.148. The normalized spacial score (nSPS) is 21.3. The third kappa shape index (κ3) is 4.33. The maximum atomic E-state index is 12.9. The largest absolute Gasteiger partial charge is 0.491 e. The van der Waals surface area contributed by atoms with Crippen molar-refractivity contribution in [3.8, 4) is 5.75 Å². The van der Waals surface area contributed by atoms with E-state index in [0.717, 1.165) is 40.2 Å². The van der Waals surface area contributed by atoms with Crippen molar-refractivity contribution in [1.82, 2.24) is 15.5 Å². The van der Waals surface area contributed by atoms with Crippen LogP contribution in [0.1, 0.15) is 42.5 Å². The van der Waals surface area contributed by atoms with E-state index >= 15 is 0 Å². The first-order valence-corrected chi connectivity index (χ1v) is 11.0. The molecule has 4 rings (SSSR count). The Hall–Kier alpha value is -3.35. The van der Waals surface area contributed by atoms with Gasteiger partial charge in [-0.25, -0.2) is 4.79 Å². The molecule has 2 fully saturated rings. The molecule has 4 amide bonds. The van der Waals surface area contributed by atoms with Gasteiger partial charge in [0.1, 0.15) is 24.4 Å². The summed E-state index contributed by atoms with van der Waals surface area (Å²) in [6, 6.07) is 14.5. The molecule has 2 atom stereocenters. The summed E-state index contributed by atoms with van der Waals surface area (Å²) in [5, 5.41) is 5.72. The van der Waals surface area contributed by atoms with Gasteiger partial charge < -0.3 is 15.4 Å². The zero-order chi connectivity index (χ0) is 22.9. The topological polar surface area (TPSA) is 87.7 Å². The number of ether oxygens (including phenoxy) is 1. The van der Waals surface area contributed by atoms with Gasteiger partial charge in [-0.3, -0.25) is 14.5 Å². The minimum atomic E-state index is -0.901. The maximum absolute atomic E-state index is 12.9. The molecule has 2 N–H and O–H groups in total. The highest BCUT2D eigenvalue weighted by Gasteiger charge is 2.56. The van der Waals surface area contributed by atoms with E-state index in [2.05, 4.69) is 10.6 Å². The molecule has 0 aromatic heterocycles. The molecule has 0 bridgehead atoms. The van der Waals surface area contributed by atoms with Crippen LogP contribution in [0.15, 0.2) is 48.5 Å². The second kappa shape index (κ2) is 8.65. The fraction of sp³-hybridized carbons (Fsp3) is 0.400. The predicted octanol–water partition coefficient (Wildman–Crippen LogP) is 3.26. The van der Waals surface area contributed by atoms with Crippen LogP contribution in [0.25, 0.3) is 0 Å². The van der Waals surface area contributed by atoms with Crippen molar-refractivity contribution in [3.63, 3.8) is 0 Å². The van der Waals surface area contributed by atoms with E-state index in [9.17, 15) is 14.4 Å². The Labute approximate surface area is 188 Å². The van der Waals surface area contributed by atoms with Gasteiger partial charge in [0.15, 0.2) is 0 Å². The maximum Gasteiger partial charge on any atom is 0.325 e. The van der Waals surface area contributed by atoms with E-state index in [1.165, 1.54) is 0 Å². The molecule has 2 aromatic rings. The van der Waals surface area contributed by atoms with Crippen LogP contribution in [0.4, 0.5) is 4.79 Å². The van der Waals surface area contributed by atoms with Crippen molar-refractivity contribution in [2.75, 3.05) is 13.2 Å². The molecule has 0 spiro atoms. The first kappa shape index (κ1) is 21.9. The molecule has 2 aliphatic rings. The molecule has 1 saturated heterocycles. The number of imide groups is 1. The van der Waals surface area contributed by atoms with Crippen molar-refractivity contribution in [1.29, 1.82) is 0 Å². The lowest BCUT2D eigenvalue weighted by atomic mass is 9.96. The number of rotatable bonds is 8. The Kier molecular flexibility index (Phi) is 5.91. The molecule has 1 saturated carbocycles. The van der Waals surface area contributed by atoms with E-state index in [1.54, 1.807) is 6.92 Å². The van der Waals surface area contributed by atoms with Crippen molar-refractivity contribution in [3.05, 3.63) is 65.2 Å². The summed E-state index contributed by atoms with van der Waals surface area (Å²) in [7, 11) is 0. The molecule has 168 valence electrons. The SMILES string of the molecule is Cc1cccc(C)c1OC[C@H](NC(=O)CN1C(=O)N[C@@](C)(C2CC2)C1=O)c1ccccc1. The quantitative estimate of drug-likeness (QED) is 0.623. The van der Waals surface area contributed by atoms with Crippen LogP contribution in [-0.2, 0) is 9.59 Å². The van der Waals surface area contributed by atoms with Gasteiger partial charge in [0.2, 0.25) is 5.91 Å². The summed E-state index contributed by atoms with van der Waals surface area (Å²) in [5.41, 5.74) is 2.01. The van der Waals surface area contributed by atoms with Crippen molar-refractivity contribution < 1.29 is 19.1 Å². The Bertz CT molecular complexity index is 1010. The molecular weight excluding hydrogens is 406 g/mol. The fourth-order valence-corrected chi connectivity index (χ4v) is 4.28. The zero-order valence-corrected chi connectivity index (χ0v) is 18.7. The Balaban J connectivity index is 1.46. The van der Waals surface area contributed by atoms with E-state index in [0.29, 0.717) is 0 Å². The van der Waals surface area contributed by atoms with E-state index in [1.807, 2.05) is 62.4 Å². The van der Waals surface area contributed by atoms with Gasteiger partial charge in [0, 0.05) is 0 Å². The fourth-order valence-electron chi connectivity index (χ4n) is 4.28. The van der Waals surface area contributed by atoms with Gasteiger partial charge in [-0.2, -0.15) is 0 Å². The molecule has 0 unspecified atom stereocenters. The van der Waals surface area contributed by atoms with Crippen LogP contribution in [0.3, 0.4) is 0 Å². The number of carbonyl (C=O) groups is 3. The summed E-state index contributed by atoms with van der Waals surface area (Å²) in [5.74, 6) is 0.197. The first-order chi connectivity index (χ1) is 15.3. The predicted molar refractivity (Wildman–Crippen MR) is 120 cm³/mol. The highest BCUT2D eigenvalue weighted by Crippen LogP contribution is 2.42. The van der Waals surface area contributed by atoms with Crippen molar-refractivity contribution in [2.45, 2.75) is 45.2 Å². The lowest BCUT2D eigenvalue weighted by molar-refractivity contribution is -0.135. The Morgan fingerprint density at radius 2 is 1.78 bits per heavy atom. The molecule has 1 heterocycles. The van der Waals surface area contributed by atoms with Crippen LogP contribution >= 0.6 is 0 Å². The van der Waals surface area contributed by atoms with Crippen LogP contribution < -0.4 is 15.4 Å². The van der Waals surface area contributed by atoms with Gasteiger partial charge >= 0.3 is 6.03 Å². The van der Waals surface area contributed by atoms with Gasteiger partial charge in [0.25, 0.3) is 5.91 Å². The van der Waals surface area contributed by atoms with Crippen LogP contribution in [0.5, 0.6) is 5.75 Å². The number of urea groups is 1. The smallest absolute Gasteiger partial charge is 0.325 e. The summed E-state index contributed by atoms with van der Waals surface area (Å²) in [4.78, 5) is 39.1. The van der Waals surface area contributed by atoms with E-state index in [-0.39, 0.29) is 25.0 Å². The van der Waals surface area contributed by atoms with Crippen LogP contribution in [0.2, 0.25) is 0 Å². The third-order valence-electron chi connectivity index (χ3n) is 6.34.